The summed E-state index contributed by atoms with van der Waals surface area (Å²) in [5.74, 6) is -5.86. The Balaban J connectivity index is 1.98. The van der Waals surface area contributed by atoms with Gasteiger partial charge in [-0.2, -0.15) is 0 Å². The predicted molar refractivity (Wildman–Crippen MR) is 145 cm³/mol. The van der Waals surface area contributed by atoms with E-state index in [1.54, 1.807) is 33.8 Å². The van der Waals surface area contributed by atoms with Gasteiger partial charge in [-0.25, -0.2) is 0 Å². The minimum absolute atomic E-state index is 0.115. The summed E-state index contributed by atoms with van der Waals surface area (Å²) in [6.07, 6.45) is 0.860. The molecule has 1 spiro atoms. The van der Waals surface area contributed by atoms with Gasteiger partial charge in [-0.3, -0.25) is 24.0 Å². The van der Waals surface area contributed by atoms with Crippen molar-refractivity contribution in [3.63, 3.8) is 0 Å². The summed E-state index contributed by atoms with van der Waals surface area (Å²) in [6, 6.07) is 0. The highest BCUT2D eigenvalue weighted by molar-refractivity contribution is 5.96. The minimum atomic E-state index is -1.31. The Morgan fingerprint density at radius 1 is 1.17 bits per heavy atom. The average molecular weight is 575 g/mol. The smallest absolute Gasteiger partial charge is 0.309 e. The van der Waals surface area contributed by atoms with Crippen molar-refractivity contribution in [2.75, 3.05) is 7.11 Å². The third kappa shape index (κ3) is 4.27. The molecule has 4 aliphatic rings. The van der Waals surface area contributed by atoms with Gasteiger partial charge in [-0.1, -0.05) is 54.2 Å². The highest BCUT2D eigenvalue weighted by Crippen LogP contribution is 2.74. The fourth-order valence-corrected chi connectivity index (χ4v) is 8.17. The molecule has 4 rings (SSSR count). The van der Waals surface area contributed by atoms with Crippen LogP contribution < -0.4 is 0 Å². The number of ketones is 1. The van der Waals surface area contributed by atoms with Gasteiger partial charge < -0.3 is 24.1 Å². The van der Waals surface area contributed by atoms with Crippen LogP contribution in [0.4, 0.5) is 0 Å². The molecule has 0 radical (unpaired) electrons. The number of carbonyl (C=O) groups excluding carboxylic acids is 4. The zero-order valence-corrected chi connectivity index (χ0v) is 25.1. The summed E-state index contributed by atoms with van der Waals surface area (Å²) < 4.78 is 23.5. The van der Waals surface area contributed by atoms with Crippen LogP contribution in [-0.4, -0.2) is 65.8 Å². The van der Waals surface area contributed by atoms with Crippen LogP contribution in [0.2, 0.25) is 0 Å². The first-order valence-electron chi connectivity index (χ1n) is 14.2. The molecular formula is C31H42O10. The lowest BCUT2D eigenvalue weighted by atomic mass is 9.46. The molecule has 226 valence electrons. The van der Waals surface area contributed by atoms with Crippen molar-refractivity contribution in [1.82, 2.24) is 0 Å². The number of rotatable bonds is 8. The normalized spacial score (nSPS) is 41.1. The highest BCUT2D eigenvalue weighted by atomic mass is 16.6. The van der Waals surface area contributed by atoms with Crippen molar-refractivity contribution in [2.45, 2.75) is 91.6 Å². The standard InChI is InChI=1S/C31H42O10/c1-10-15(2)27(37)40-25-24(39-17(4)32)23(16(3)31-21(41-31)13-18(26(35)36)30(25,31)8)29(7)12-11-20(33)28(5,6)19(29)14-22(34)38-9/h11-12,15,18-19,21,23-25H,3,10,13-14H2,1-2,4-9H3,(H,35,36)/t15-,18+,19+,21-,23-,24-,25+,29+,30-,31-/m1/s1. The molecule has 0 amide bonds. The van der Waals surface area contributed by atoms with Crippen LogP contribution in [0, 0.1) is 39.9 Å². The molecule has 10 atom stereocenters. The Morgan fingerprint density at radius 3 is 2.34 bits per heavy atom. The number of carboxylic acids is 1. The van der Waals surface area contributed by atoms with E-state index in [9.17, 15) is 29.1 Å². The quantitative estimate of drug-likeness (QED) is 0.197. The maximum Gasteiger partial charge on any atom is 0.309 e. The summed E-state index contributed by atoms with van der Waals surface area (Å²) in [7, 11) is 1.27. The fraction of sp³-hybridized carbons (Fsp3) is 0.710. The predicted octanol–water partition coefficient (Wildman–Crippen LogP) is 3.66. The Labute approximate surface area is 240 Å². The molecule has 0 bridgehead atoms. The van der Waals surface area contributed by atoms with Gasteiger partial charge in [0.2, 0.25) is 0 Å². The number of carbonyl (C=O) groups is 5. The van der Waals surface area contributed by atoms with Gasteiger partial charge in [0, 0.05) is 23.7 Å². The molecule has 10 nitrogen and oxygen atoms in total. The number of hydrogen-bond acceptors (Lipinski definition) is 9. The van der Waals surface area contributed by atoms with Crippen LogP contribution in [0.5, 0.6) is 0 Å². The first-order valence-corrected chi connectivity index (χ1v) is 14.2. The van der Waals surface area contributed by atoms with E-state index in [1.165, 1.54) is 20.1 Å². The molecule has 0 aromatic carbocycles. The van der Waals surface area contributed by atoms with Crippen molar-refractivity contribution >= 4 is 29.7 Å². The van der Waals surface area contributed by atoms with Crippen LogP contribution >= 0.6 is 0 Å². The molecule has 41 heavy (non-hydrogen) atoms. The summed E-state index contributed by atoms with van der Waals surface area (Å²) in [5.41, 5.74) is -4.04. The number of ether oxygens (including phenoxy) is 4. The van der Waals surface area contributed by atoms with E-state index < -0.39 is 87.7 Å². The Bertz CT molecular complexity index is 1220. The Kier molecular flexibility index (Phi) is 7.60. The van der Waals surface area contributed by atoms with Crippen molar-refractivity contribution in [2.24, 2.45) is 39.9 Å². The monoisotopic (exact) mass is 574 g/mol. The topological polar surface area (TPSA) is 146 Å². The molecule has 10 heteroatoms. The maximum atomic E-state index is 13.3. The Hall–Kier alpha value is -3.01. The third-order valence-electron chi connectivity index (χ3n) is 10.7. The zero-order valence-electron chi connectivity index (χ0n) is 25.1. The third-order valence-corrected chi connectivity index (χ3v) is 10.7. The first kappa shape index (κ1) is 30.9. The molecule has 3 aliphatic carbocycles. The average Bonchev–Trinajstić information content (AvgIpc) is 3.57. The molecular weight excluding hydrogens is 532 g/mol. The van der Waals surface area contributed by atoms with E-state index in [2.05, 4.69) is 6.58 Å². The summed E-state index contributed by atoms with van der Waals surface area (Å²) >= 11 is 0. The van der Waals surface area contributed by atoms with Gasteiger partial charge in [-0.05, 0) is 30.4 Å². The number of methoxy groups -OCH3 is 1. The van der Waals surface area contributed by atoms with E-state index in [-0.39, 0.29) is 18.6 Å². The summed E-state index contributed by atoms with van der Waals surface area (Å²) in [6.45, 7) is 16.3. The molecule has 1 heterocycles. The van der Waals surface area contributed by atoms with Gasteiger partial charge in [0.15, 0.2) is 5.78 Å². The molecule has 0 aromatic rings. The molecule has 1 saturated heterocycles. The highest BCUT2D eigenvalue weighted by Gasteiger charge is 2.85. The van der Waals surface area contributed by atoms with Crippen molar-refractivity contribution < 1.29 is 48.0 Å². The van der Waals surface area contributed by atoms with Gasteiger partial charge >= 0.3 is 23.9 Å². The van der Waals surface area contributed by atoms with Crippen molar-refractivity contribution in [3.8, 4) is 0 Å². The second-order valence-corrected chi connectivity index (χ2v) is 13.1. The van der Waals surface area contributed by atoms with Crippen LogP contribution in [0.25, 0.3) is 0 Å². The molecule has 0 aromatic heterocycles. The lowest BCUT2D eigenvalue weighted by molar-refractivity contribution is -0.216. The van der Waals surface area contributed by atoms with Crippen molar-refractivity contribution in [3.05, 3.63) is 24.3 Å². The maximum absolute atomic E-state index is 13.3. The number of esters is 3. The lowest BCUT2D eigenvalue weighted by Gasteiger charge is -2.59. The Morgan fingerprint density at radius 2 is 1.80 bits per heavy atom. The van der Waals surface area contributed by atoms with Gasteiger partial charge in [0.05, 0.1) is 36.9 Å². The zero-order chi connectivity index (χ0) is 30.9. The fourth-order valence-electron chi connectivity index (χ4n) is 8.17. The largest absolute Gasteiger partial charge is 0.481 e. The van der Waals surface area contributed by atoms with E-state index in [4.69, 9.17) is 18.9 Å². The van der Waals surface area contributed by atoms with Crippen molar-refractivity contribution in [1.29, 1.82) is 0 Å². The van der Waals surface area contributed by atoms with Crippen LogP contribution in [-0.2, 0) is 42.9 Å². The lowest BCUT2D eigenvalue weighted by Crippen LogP contribution is -2.67. The van der Waals surface area contributed by atoms with Crippen LogP contribution in [0.1, 0.15) is 67.7 Å². The van der Waals surface area contributed by atoms with Crippen LogP contribution in [0.15, 0.2) is 24.3 Å². The number of carboxylic acid groups (broad SMARTS) is 1. The molecule has 2 saturated carbocycles. The van der Waals surface area contributed by atoms with E-state index >= 15 is 0 Å². The summed E-state index contributed by atoms with van der Waals surface area (Å²) in [4.78, 5) is 64.5. The molecule has 1 aliphatic heterocycles. The van der Waals surface area contributed by atoms with Gasteiger partial charge in [0.1, 0.15) is 17.8 Å². The molecule has 0 unspecified atom stereocenters. The second-order valence-electron chi connectivity index (χ2n) is 13.1. The second kappa shape index (κ2) is 10.1. The SMILES string of the molecule is C=C1[C@@H]([C@@]2(C)C=CC(=O)C(C)(C)[C@@H]2CC(=O)OC)[C@@H](OC(C)=O)[C@H](OC(=O)[C@H](C)CC)[C@@]2(C)[C@H](C(=O)O)C[C@H]3O[C@]132. The van der Waals surface area contributed by atoms with E-state index in [0.717, 1.165) is 0 Å². The summed E-state index contributed by atoms with van der Waals surface area (Å²) in [5, 5.41) is 10.3. The number of allylic oxidation sites excluding steroid dienone is 2. The number of hydrogen-bond donors (Lipinski definition) is 1. The van der Waals surface area contributed by atoms with Gasteiger partial charge in [-0.15, -0.1) is 0 Å². The number of epoxide rings is 1. The number of aliphatic carboxylic acids is 1. The van der Waals surface area contributed by atoms with E-state index in [1.807, 2.05) is 13.8 Å². The molecule has 3 fully saturated rings. The van der Waals surface area contributed by atoms with Gasteiger partial charge in [0.25, 0.3) is 0 Å². The first-order chi connectivity index (χ1) is 18.9. The van der Waals surface area contributed by atoms with E-state index in [0.29, 0.717) is 12.0 Å². The molecule has 1 N–H and O–H groups in total. The van der Waals surface area contributed by atoms with Crippen LogP contribution in [0.3, 0.4) is 0 Å². The minimum Gasteiger partial charge on any atom is -0.481 e.